The van der Waals surface area contributed by atoms with Gasteiger partial charge in [0.1, 0.15) is 12.4 Å². The minimum absolute atomic E-state index is 0.123. The molecule has 0 atom stereocenters. The molecule has 3 rings (SSSR count). The van der Waals surface area contributed by atoms with Gasteiger partial charge in [0.25, 0.3) is 10.0 Å². The fourth-order valence-electron chi connectivity index (χ4n) is 3.00. The number of benzene rings is 3. The van der Waals surface area contributed by atoms with Crippen molar-refractivity contribution in [3.8, 4) is 0 Å². The molecule has 0 fully saturated rings. The molecule has 0 aromatic heterocycles. The lowest BCUT2D eigenvalue weighted by Gasteiger charge is -2.24. The number of anilines is 1. The van der Waals surface area contributed by atoms with Crippen LogP contribution in [0.5, 0.6) is 0 Å². The number of carbonyl (C=O) groups excluding carboxylic acids is 1. The summed E-state index contributed by atoms with van der Waals surface area (Å²) in [7, 11) is -3.91. The molecule has 0 aliphatic heterocycles. The third kappa shape index (κ3) is 7.58. The number of hydrogen-bond acceptors (Lipinski definition) is 4. The molecule has 174 valence electrons. The molecule has 0 heterocycles. The normalized spacial score (nSPS) is 11.2. The number of thioether (sulfide) groups is 1. The van der Waals surface area contributed by atoms with Crippen LogP contribution in [-0.2, 0) is 20.6 Å². The molecule has 0 unspecified atom stereocenters. The van der Waals surface area contributed by atoms with Crippen molar-refractivity contribution in [2.24, 2.45) is 0 Å². The smallest absolute Gasteiger partial charge is 0.264 e. The van der Waals surface area contributed by atoms with Gasteiger partial charge in [-0.3, -0.25) is 9.10 Å². The van der Waals surface area contributed by atoms with E-state index >= 15 is 0 Å². The average molecular weight is 552 g/mol. The molecule has 1 N–H and O–H groups in total. The minimum Gasteiger partial charge on any atom is -0.354 e. The van der Waals surface area contributed by atoms with Crippen LogP contribution in [0.4, 0.5) is 10.1 Å². The van der Waals surface area contributed by atoms with Crippen molar-refractivity contribution in [2.45, 2.75) is 17.1 Å². The summed E-state index contributed by atoms with van der Waals surface area (Å²) in [6.07, 6.45) is 0.737. The van der Waals surface area contributed by atoms with E-state index in [1.165, 1.54) is 24.3 Å². The lowest BCUT2D eigenvalue weighted by molar-refractivity contribution is -0.119. The summed E-state index contributed by atoms with van der Waals surface area (Å²) in [4.78, 5) is 12.7. The van der Waals surface area contributed by atoms with E-state index in [9.17, 15) is 17.6 Å². The number of amides is 1. The van der Waals surface area contributed by atoms with E-state index < -0.39 is 10.0 Å². The van der Waals surface area contributed by atoms with Crippen LogP contribution in [0.1, 0.15) is 12.0 Å². The number of hydrogen-bond donors (Lipinski definition) is 1. The third-order valence-electron chi connectivity index (χ3n) is 4.70. The Hall–Kier alpha value is -2.36. The lowest BCUT2D eigenvalue weighted by Crippen LogP contribution is -2.41. The summed E-state index contributed by atoms with van der Waals surface area (Å²) in [5.41, 5.74) is 1.45. The Morgan fingerprint density at radius 3 is 2.30 bits per heavy atom. The summed E-state index contributed by atoms with van der Waals surface area (Å²) in [5.74, 6) is 0.955. The van der Waals surface area contributed by atoms with Crippen LogP contribution < -0.4 is 9.62 Å². The van der Waals surface area contributed by atoms with Crippen LogP contribution in [0.15, 0.2) is 88.2 Å². The molecule has 3 aromatic carbocycles. The van der Waals surface area contributed by atoms with Crippen LogP contribution in [0.3, 0.4) is 0 Å². The van der Waals surface area contributed by atoms with E-state index in [0.29, 0.717) is 12.2 Å². The molecule has 0 radical (unpaired) electrons. The van der Waals surface area contributed by atoms with Gasteiger partial charge in [-0.15, -0.1) is 0 Å². The highest BCUT2D eigenvalue weighted by atomic mass is 79.9. The Labute approximate surface area is 206 Å². The summed E-state index contributed by atoms with van der Waals surface area (Å²) in [6, 6.07) is 21.2. The molecular weight excluding hydrogens is 527 g/mol. The quantitative estimate of drug-likeness (QED) is 0.332. The van der Waals surface area contributed by atoms with Gasteiger partial charge in [-0.05, 0) is 66.3 Å². The van der Waals surface area contributed by atoms with Gasteiger partial charge < -0.3 is 5.32 Å². The van der Waals surface area contributed by atoms with Gasteiger partial charge in [0.15, 0.2) is 0 Å². The van der Waals surface area contributed by atoms with Crippen LogP contribution in [0, 0.1) is 5.82 Å². The van der Waals surface area contributed by atoms with Gasteiger partial charge in [-0.25, -0.2) is 12.8 Å². The molecule has 0 bridgehead atoms. The van der Waals surface area contributed by atoms with Crippen molar-refractivity contribution in [3.05, 3.63) is 94.7 Å². The zero-order valence-corrected chi connectivity index (χ0v) is 21.0. The topological polar surface area (TPSA) is 66.5 Å². The van der Waals surface area contributed by atoms with Crippen molar-refractivity contribution in [1.82, 2.24) is 5.32 Å². The van der Waals surface area contributed by atoms with Gasteiger partial charge in [-0.1, -0.05) is 46.3 Å². The van der Waals surface area contributed by atoms with Gasteiger partial charge in [0.05, 0.1) is 10.6 Å². The predicted molar refractivity (Wildman–Crippen MR) is 135 cm³/mol. The molecule has 1 amide bonds. The maximum atomic E-state index is 13.2. The van der Waals surface area contributed by atoms with E-state index in [2.05, 4.69) is 21.2 Å². The van der Waals surface area contributed by atoms with Crippen molar-refractivity contribution < 1.29 is 17.6 Å². The molecule has 33 heavy (non-hydrogen) atoms. The Kier molecular flexibility index (Phi) is 9.34. The van der Waals surface area contributed by atoms with Crippen LogP contribution in [0.2, 0.25) is 0 Å². The Bertz CT molecular complexity index is 1140. The van der Waals surface area contributed by atoms with Gasteiger partial charge in [0.2, 0.25) is 5.91 Å². The number of rotatable bonds is 11. The standard InChI is InChI=1S/C24H24BrFN2O3S2/c25-20-9-13-22(14-10-20)28(33(30,31)23-5-2-1-3-6-23)17-24(29)27-15-4-16-32-18-19-7-11-21(26)12-8-19/h1-3,5-14H,4,15-18H2,(H,27,29). The second-order valence-corrected chi connectivity index (χ2v) is 11.1. The summed E-state index contributed by atoms with van der Waals surface area (Å²) < 4.78 is 41.3. The molecule has 3 aromatic rings. The van der Waals surface area contributed by atoms with Crippen molar-refractivity contribution >= 4 is 49.3 Å². The third-order valence-corrected chi connectivity index (χ3v) is 8.13. The lowest BCUT2D eigenvalue weighted by atomic mass is 10.2. The first-order valence-corrected chi connectivity index (χ1v) is 13.7. The Balaban J connectivity index is 1.55. The summed E-state index contributed by atoms with van der Waals surface area (Å²) in [6.45, 7) is 0.121. The van der Waals surface area contributed by atoms with Gasteiger partial charge >= 0.3 is 0 Å². The highest BCUT2D eigenvalue weighted by Gasteiger charge is 2.26. The molecule has 0 aliphatic rings. The van der Waals surface area contributed by atoms with E-state index in [0.717, 1.165) is 32.3 Å². The molecule has 0 spiro atoms. The van der Waals surface area contributed by atoms with E-state index in [1.807, 2.05) is 0 Å². The van der Waals surface area contributed by atoms with Crippen LogP contribution in [0.25, 0.3) is 0 Å². The second kappa shape index (κ2) is 12.2. The number of nitrogens with zero attached hydrogens (tertiary/aromatic N) is 1. The number of halogens is 2. The summed E-state index contributed by atoms with van der Waals surface area (Å²) >= 11 is 5.04. The van der Waals surface area contributed by atoms with E-state index in [-0.39, 0.29) is 23.2 Å². The monoisotopic (exact) mass is 550 g/mol. The SMILES string of the molecule is O=C(CN(c1ccc(Br)cc1)S(=O)(=O)c1ccccc1)NCCCSCc1ccc(F)cc1. The molecule has 9 heteroatoms. The number of carbonyl (C=O) groups is 1. The molecule has 0 aliphatic carbocycles. The zero-order chi connectivity index (χ0) is 23.7. The minimum atomic E-state index is -3.91. The van der Waals surface area contributed by atoms with E-state index in [4.69, 9.17) is 0 Å². The first kappa shape index (κ1) is 25.3. The van der Waals surface area contributed by atoms with Crippen molar-refractivity contribution in [2.75, 3.05) is 23.1 Å². The van der Waals surface area contributed by atoms with Gasteiger partial charge in [0, 0.05) is 16.8 Å². The molecular formula is C24H24BrFN2O3S2. The Morgan fingerprint density at radius 2 is 1.64 bits per heavy atom. The maximum Gasteiger partial charge on any atom is 0.264 e. The number of nitrogens with one attached hydrogen (secondary N) is 1. The van der Waals surface area contributed by atoms with E-state index in [1.54, 1.807) is 66.4 Å². The van der Waals surface area contributed by atoms with Crippen LogP contribution in [-0.4, -0.2) is 33.2 Å². The predicted octanol–water partition coefficient (Wildman–Crippen LogP) is 5.22. The second-order valence-electron chi connectivity index (χ2n) is 7.18. The molecule has 5 nitrogen and oxygen atoms in total. The highest BCUT2D eigenvalue weighted by Crippen LogP contribution is 2.25. The zero-order valence-electron chi connectivity index (χ0n) is 17.8. The molecule has 0 saturated carbocycles. The molecule has 0 saturated heterocycles. The highest BCUT2D eigenvalue weighted by molar-refractivity contribution is 9.10. The first-order chi connectivity index (χ1) is 15.9. The fraction of sp³-hybridized carbons (Fsp3) is 0.208. The van der Waals surface area contributed by atoms with Crippen molar-refractivity contribution in [1.29, 1.82) is 0 Å². The maximum absolute atomic E-state index is 13.2. The average Bonchev–Trinajstić information content (AvgIpc) is 2.82. The number of sulfonamides is 1. The van der Waals surface area contributed by atoms with Crippen LogP contribution >= 0.6 is 27.7 Å². The van der Waals surface area contributed by atoms with Gasteiger partial charge in [-0.2, -0.15) is 11.8 Å². The van der Waals surface area contributed by atoms with Crippen molar-refractivity contribution in [3.63, 3.8) is 0 Å². The summed E-state index contributed by atoms with van der Waals surface area (Å²) in [5, 5.41) is 2.81. The first-order valence-electron chi connectivity index (χ1n) is 10.3. The largest absolute Gasteiger partial charge is 0.354 e. The Morgan fingerprint density at radius 1 is 0.970 bits per heavy atom. The fourth-order valence-corrected chi connectivity index (χ4v) is 5.63.